The van der Waals surface area contributed by atoms with Gasteiger partial charge in [-0.05, 0) is 37.1 Å². The van der Waals surface area contributed by atoms with Gasteiger partial charge in [-0.15, -0.1) is 0 Å². The van der Waals surface area contributed by atoms with Crippen molar-refractivity contribution in [2.24, 2.45) is 5.41 Å². The molecule has 0 unspecified atom stereocenters. The van der Waals surface area contributed by atoms with Crippen molar-refractivity contribution in [1.82, 2.24) is 19.8 Å². The minimum atomic E-state index is -1.18. The van der Waals surface area contributed by atoms with Crippen molar-refractivity contribution in [3.63, 3.8) is 0 Å². The third-order valence-electron chi connectivity index (χ3n) is 7.07. The maximum atomic E-state index is 13.3. The molecule has 12 heteroatoms. The normalized spacial score (nSPS) is 20.0. The maximum Gasteiger partial charge on any atom is 0.315 e. The second-order valence-electron chi connectivity index (χ2n) is 9.67. The number of nitrogens with zero attached hydrogens (tertiary/aromatic N) is 5. The Morgan fingerprint density at radius 1 is 1.27 bits per heavy atom. The number of alkyl halides is 1. The Kier molecular flexibility index (Phi) is 5.23. The first-order valence-corrected chi connectivity index (χ1v) is 11.7. The zero-order valence-electron chi connectivity index (χ0n) is 19.8. The highest BCUT2D eigenvalue weighted by molar-refractivity contribution is 6.09. The average Bonchev–Trinajstić information content (AvgIpc) is 3.22. The van der Waals surface area contributed by atoms with E-state index < -0.39 is 24.2 Å². The smallest absolute Gasteiger partial charge is 0.315 e. The minimum Gasteiger partial charge on any atom is -0.481 e. The number of aliphatic carboxylic acids is 1. The molecule has 0 bridgehead atoms. The van der Waals surface area contributed by atoms with E-state index in [1.54, 1.807) is 35.0 Å². The van der Waals surface area contributed by atoms with Crippen LogP contribution in [0.3, 0.4) is 0 Å². The van der Waals surface area contributed by atoms with Gasteiger partial charge in [0, 0.05) is 36.2 Å². The molecule has 11 nitrogen and oxygen atoms in total. The molecule has 2 atom stereocenters. The molecular formula is C25H23FN6O5. The Morgan fingerprint density at radius 3 is 2.76 bits per heavy atom. The highest BCUT2D eigenvalue weighted by atomic mass is 19.1. The molecule has 1 amide bonds. The molecular weight excluding hydrogens is 483 g/mol. The van der Waals surface area contributed by atoms with Crippen LogP contribution in [0, 0.1) is 12.3 Å². The van der Waals surface area contributed by atoms with Crippen LogP contribution in [-0.2, 0) is 4.79 Å². The molecule has 1 aliphatic heterocycles. The van der Waals surface area contributed by atoms with E-state index in [2.05, 4.69) is 20.6 Å². The van der Waals surface area contributed by atoms with Gasteiger partial charge in [0.25, 0.3) is 5.91 Å². The van der Waals surface area contributed by atoms with Crippen LogP contribution >= 0.6 is 0 Å². The number of carboxylic acid groups (broad SMARTS) is 1. The Labute approximate surface area is 209 Å². The maximum absolute atomic E-state index is 13.3. The summed E-state index contributed by atoms with van der Waals surface area (Å²) in [6.45, 7) is 1.75. The highest BCUT2D eigenvalue weighted by Gasteiger charge is 2.49. The first-order chi connectivity index (χ1) is 17.8. The number of aryl methyl sites for hydroxylation is 1. The lowest BCUT2D eigenvalue weighted by Gasteiger charge is -2.47. The van der Waals surface area contributed by atoms with E-state index in [1.807, 2.05) is 17.9 Å². The summed E-state index contributed by atoms with van der Waals surface area (Å²) >= 11 is 0. The van der Waals surface area contributed by atoms with Gasteiger partial charge in [0.05, 0.1) is 29.8 Å². The summed E-state index contributed by atoms with van der Waals surface area (Å²) in [6, 6.07) is 8.91. The summed E-state index contributed by atoms with van der Waals surface area (Å²) in [5.41, 5.74) is 2.43. The predicted octanol–water partition coefficient (Wildman–Crippen LogP) is 2.65. The number of nitrogens with one attached hydrogen (secondary N) is 1. The molecule has 37 heavy (non-hydrogen) atoms. The van der Waals surface area contributed by atoms with E-state index in [1.165, 1.54) is 6.20 Å². The predicted molar refractivity (Wildman–Crippen MR) is 129 cm³/mol. The van der Waals surface area contributed by atoms with E-state index in [0.717, 1.165) is 11.3 Å². The molecule has 2 aliphatic rings. The van der Waals surface area contributed by atoms with E-state index in [9.17, 15) is 24.2 Å². The monoisotopic (exact) mass is 506 g/mol. The van der Waals surface area contributed by atoms with Gasteiger partial charge >= 0.3 is 5.97 Å². The number of fused-ring (bicyclic) bond motifs is 1. The highest BCUT2D eigenvalue weighted by Crippen LogP contribution is 2.43. The third kappa shape index (κ3) is 3.89. The van der Waals surface area contributed by atoms with Crippen LogP contribution in [0.1, 0.15) is 34.2 Å². The van der Waals surface area contributed by atoms with Gasteiger partial charge < -0.3 is 25.0 Å². The topological polar surface area (TPSA) is 146 Å². The zero-order chi connectivity index (χ0) is 25.9. The van der Waals surface area contributed by atoms with Gasteiger partial charge in [-0.25, -0.2) is 8.91 Å². The number of pyridine rings is 1. The second-order valence-corrected chi connectivity index (χ2v) is 9.67. The van der Waals surface area contributed by atoms with Gasteiger partial charge in [-0.1, -0.05) is 17.3 Å². The van der Waals surface area contributed by atoms with E-state index in [0.29, 0.717) is 34.6 Å². The number of benzene rings is 1. The number of hydrogen-bond acceptors (Lipinski definition) is 8. The molecule has 4 heterocycles. The number of rotatable bonds is 7. The average molecular weight is 506 g/mol. The van der Waals surface area contributed by atoms with Gasteiger partial charge in [0.2, 0.25) is 11.7 Å². The number of carbonyl (C=O) groups is 2. The van der Waals surface area contributed by atoms with Crippen LogP contribution in [0.25, 0.3) is 16.9 Å². The molecule has 4 aromatic rings. The van der Waals surface area contributed by atoms with Crippen LogP contribution in [0.15, 0.2) is 47.2 Å². The molecule has 0 radical (unpaired) electrons. The summed E-state index contributed by atoms with van der Waals surface area (Å²) < 4.78 is 20.1. The molecule has 1 aromatic carbocycles. The van der Waals surface area contributed by atoms with Crippen molar-refractivity contribution in [3.8, 4) is 11.4 Å². The number of carbonyl (C=O) groups excluding carboxylic acids is 1. The van der Waals surface area contributed by atoms with Crippen molar-refractivity contribution in [3.05, 3.63) is 59.7 Å². The molecule has 3 aromatic heterocycles. The van der Waals surface area contributed by atoms with Crippen molar-refractivity contribution in [2.45, 2.75) is 25.4 Å². The van der Waals surface area contributed by atoms with Crippen molar-refractivity contribution >= 4 is 28.8 Å². The molecule has 1 aliphatic carbocycles. The Bertz CT molecular complexity index is 1540. The number of halogens is 1. The summed E-state index contributed by atoms with van der Waals surface area (Å²) in [7, 11) is 0. The van der Waals surface area contributed by atoms with Crippen LogP contribution in [0.5, 0.6) is 0 Å². The number of aliphatic hydroxyl groups excluding tert-OH is 1. The van der Waals surface area contributed by atoms with Gasteiger partial charge in [-0.3, -0.25) is 9.59 Å². The number of amides is 1. The summed E-state index contributed by atoms with van der Waals surface area (Å²) in [5.74, 6) is -1.16. The fourth-order valence-corrected chi connectivity index (χ4v) is 4.52. The number of carboxylic acids is 1. The fraction of sp³-hybridized carbons (Fsp3) is 0.320. The Balaban J connectivity index is 1.23. The quantitative estimate of drug-likeness (QED) is 0.344. The van der Waals surface area contributed by atoms with Crippen molar-refractivity contribution in [2.75, 3.05) is 29.9 Å². The summed E-state index contributed by atoms with van der Waals surface area (Å²) in [4.78, 5) is 30.9. The zero-order valence-corrected chi connectivity index (χ0v) is 19.8. The van der Waals surface area contributed by atoms with Gasteiger partial charge in [-0.2, -0.15) is 10.1 Å². The largest absolute Gasteiger partial charge is 0.481 e. The van der Waals surface area contributed by atoms with Gasteiger partial charge in [0.15, 0.2) is 0 Å². The SMILES string of the molecule is Cc1ccc(-c2noc([C@H]3C[C@@H]3F)n2)cc1NC(=O)c1cnn2ccc(N3CC(CO)(C(=O)O)C3)cc12. The fourth-order valence-electron chi connectivity index (χ4n) is 4.52. The Hall–Kier alpha value is -4.32. The number of anilines is 2. The lowest BCUT2D eigenvalue weighted by atomic mass is 9.80. The molecule has 0 spiro atoms. The third-order valence-corrected chi connectivity index (χ3v) is 7.07. The lowest BCUT2D eigenvalue weighted by molar-refractivity contribution is -0.153. The van der Waals surface area contributed by atoms with Crippen LogP contribution in [0.2, 0.25) is 0 Å². The first kappa shape index (κ1) is 23.1. The van der Waals surface area contributed by atoms with Crippen molar-refractivity contribution in [1.29, 1.82) is 0 Å². The molecule has 6 rings (SSSR count). The van der Waals surface area contributed by atoms with Crippen LogP contribution < -0.4 is 10.2 Å². The molecule has 2 fully saturated rings. The van der Waals surface area contributed by atoms with Crippen molar-refractivity contribution < 1.29 is 28.7 Å². The molecule has 190 valence electrons. The van der Waals surface area contributed by atoms with E-state index >= 15 is 0 Å². The van der Waals surface area contributed by atoms with Crippen LogP contribution in [-0.4, -0.2) is 67.7 Å². The Morgan fingerprint density at radius 2 is 2.05 bits per heavy atom. The lowest BCUT2D eigenvalue weighted by Crippen LogP contribution is -2.62. The summed E-state index contributed by atoms with van der Waals surface area (Å²) in [6.07, 6.45) is 2.61. The standard InChI is InChI=1S/C25H23FN6O5/c1-13-2-3-14(21-29-23(37-30-21)16-8-18(16)26)6-19(13)28-22(34)17-9-27-32-5-4-15(7-20(17)32)31-10-25(11-31,12-33)24(35)36/h2-7,9,16,18,33H,8,10-12H2,1H3,(H,28,34)(H,35,36)/t16-,18-/m0/s1. The second kappa shape index (κ2) is 8.37. The summed E-state index contributed by atoms with van der Waals surface area (Å²) in [5, 5.41) is 30.1. The van der Waals surface area contributed by atoms with E-state index in [-0.39, 0.29) is 30.8 Å². The molecule has 1 saturated carbocycles. The number of hydrogen-bond donors (Lipinski definition) is 3. The number of aliphatic hydroxyl groups is 1. The van der Waals surface area contributed by atoms with E-state index in [4.69, 9.17) is 4.52 Å². The molecule has 1 saturated heterocycles. The van der Waals surface area contributed by atoms with Crippen LogP contribution in [0.4, 0.5) is 15.8 Å². The number of aromatic nitrogens is 4. The first-order valence-electron chi connectivity index (χ1n) is 11.7. The van der Waals surface area contributed by atoms with Gasteiger partial charge in [0.1, 0.15) is 11.6 Å². The minimum absolute atomic E-state index is 0.168. The molecule has 3 N–H and O–H groups in total.